The van der Waals surface area contributed by atoms with E-state index in [1.54, 1.807) is 36.4 Å². The van der Waals surface area contributed by atoms with Crippen molar-refractivity contribution >= 4 is 15.6 Å². The zero-order chi connectivity index (χ0) is 28.2. The Labute approximate surface area is 224 Å². The Kier molecular flexibility index (Phi) is 12.5. The van der Waals surface area contributed by atoms with Crippen molar-refractivity contribution in [3.05, 3.63) is 89.5 Å². The second-order valence-corrected chi connectivity index (χ2v) is 11.2. The van der Waals surface area contributed by atoms with Crippen LogP contribution in [0.4, 0.5) is 0 Å². The molecule has 0 aliphatic carbocycles. The van der Waals surface area contributed by atoms with Crippen molar-refractivity contribution in [2.24, 2.45) is 0 Å². The largest absolute Gasteiger partial charge is 0.647 e. The first-order chi connectivity index (χ1) is 17.9. The lowest BCUT2D eigenvalue weighted by molar-refractivity contribution is -0.0800. The number of benzene rings is 3. The van der Waals surface area contributed by atoms with Crippen LogP contribution in [-0.4, -0.2) is 22.7 Å². The van der Waals surface area contributed by atoms with Crippen molar-refractivity contribution in [3.63, 3.8) is 0 Å². The highest BCUT2D eigenvalue weighted by atomic mass is 31.2. The molecule has 1 atom stereocenters. The molecule has 0 spiro atoms. The molecule has 3 aromatic rings. The van der Waals surface area contributed by atoms with E-state index in [1.165, 1.54) is 6.92 Å². The number of hydrogen-bond donors (Lipinski definition) is 2. The average molecular weight is 567 g/mol. The van der Waals surface area contributed by atoms with Gasteiger partial charge in [0.15, 0.2) is 6.29 Å². The van der Waals surface area contributed by atoms with Gasteiger partial charge >= 0.3 is 15.6 Å². The number of phosphoric acid groups is 2. The molecule has 0 aliphatic rings. The SMILES string of the molecule is CCCCOC(C)OP(=O)(O)O.Cc1ccc(OP(=O)(Oc2ccc(C)cc2)Oc2ccc(C)cc2)cc1. The van der Waals surface area contributed by atoms with Crippen LogP contribution in [0.5, 0.6) is 17.2 Å². The van der Waals surface area contributed by atoms with Crippen molar-refractivity contribution in [3.8, 4) is 17.2 Å². The van der Waals surface area contributed by atoms with Gasteiger partial charge in [0.1, 0.15) is 17.2 Å². The predicted molar refractivity (Wildman–Crippen MR) is 146 cm³/mol. The molecule has 0 fully saturated rings. The fraction of sp³-hybridized carbons (Fsp3) is 0.333. The van der Waals surface area contributed by atoms with Gasteiger partial charge in [-0.05, 0) is 70.5 Å². The predicted octanol–water partition coefficient (Wildman–Crippen LogP) is 7.52. The summed E-state index contributed by atoms with van der Waals surface area (Å²) >= 11 is 0. The molecular formula is C27H36O9P2. The van der Waals surface area contributed by atoms with Gasteiger partial charge in [0.2, 0.25) is 0 Å². The van der Waals surface area contributed by atoms with Gasteiger partial charge in [-0.15, -0.1) is 0 Å². The summed E-state index contributed by atoms with van der Waals surface area (Å²) < 4.78 is 49.7. The van der Waals surface area contributed by atoms with Gasteiger partial charge in [-0.3, -0.25) is 4.52 Å². The molecule has 0 saturated heterocycles. The van der Waals surface area contributed by atoms with Crippen LogP contribution < -0.4 is 13.6 Å². The van der Waals surface area contributed by atoms with E-state index < -0.39 is 21.9 Å². The number of hydrogen-bond acceptors (Lipinski definition) is 7. The van der Waals surface area contributed by atoms with E-state index in [0.29, 0.717) is 23.9 Å². The molecule has 0 aromatic heterocycles. The Hall–Kier alpha value is -2.64. The zero-order valence-electron chi connectivity index (χ0n) is 22.3. The van der Waals surface area contributed by atoms with Gasteiger partial charge in [0, 0.05) is 6.61 Å². The van der Waals surface area contributed by atoms with Gasteiger partial charge in [-0.1, -0.05) is 66.4 Å². The number of unbranched alkanes of at least 4 members (excludes halogenated alkanes) is 1. The minimum atomic E-state index is -4.40. The van der Waals surface area contributed by atoms with Gasteiger partial charge in [0.25, 0.3) is 0 Å². The minimum absolute atomic E-state index is 0.415. The zero-order valence-corrected chi connectivity index (χ0v) is 24.1. The molecule has 0 radical (unpaired) electrons. The Morgan fingerprint density at radius 1 is 0.684 bits per heavy atom. The Morgan fingerprint density at radius 3 is 1.32 bits per heavy atom. The first-order valence-electron chi connectivity index (χ1n) is 12.1. The van der Waals surface area contributed by atoms with Crippen LogP contribution >= 0.6 is 15.6 Å². The standard InChI is InChI=1S/C21H21O4P.C6H15O5P/c1-16-4-10-19(11-5-16)23-26(22,24-20-12-6-17(2)7-13-20)25-21-14-8-18(3)9-15-21;1-3-4-5-10-6(2)11-12(7,8)9/h4-15H,1-3H3;6H,3-5H2,1-2H3,(H2,7,8,9). The molecule has 208 valence electrons. The molecule has 1 unspecified atom stereocenters. The van der Waals surface area contributed by atoms with E-state index in [-0.39, 0.29) is 0 Å². The van der Waals surface area contributed by atoms with Crippen LogP contribution in [0.3, 0.4) is 0 Å². The molecule has 0 aliphatic heterocycles. The second kappa shape index (κ2) is 15.1. The summed E-state index contributed by atoms with van der Waals surface area (Å²) in [6, 6.07) is 21.6. The van der Waals surface area contributed by atoms with Gasteiger partial charge < -0.3 is 28.1 Å². The summed E-state index contributed by atoms with van der Waals surface area (Å²) in [6.07, 6.45) is 0.981. The van der Waals surface area contributed by atoms with Crippen LogP contribution in [-0.2, 0) is 18.4 Å². The summed E-state index contributed by atoms with van der Waals surface area (Å²) in [7, 11) is -8.33. The molecule has 0 saturated carbocycles. The van der Waals surface area contributed by atoms with Crippen molar-refractivity contribution in [2.75, 3.05) is 6.61 Å². The van der Waals surface area contributed by atoms with Crippen LogP contribution in [0, 0.1) is 20.8 Å². The third-order valence-corrected chi connectivity index (χ3v) is 6.73. The summed E-state index contributed by atoms with van der Waals surface area (Å²) in [5, 5.41) is 0. The Bertz CT molecular complexity index is 1070. The van der Waals surface area contributed by atoms with E-state index in [1.807, 2.05) is 64.1 Å². The normalized spacial score (nSPS) is 12.2. The third-order valence-electron chi connectivity index (χ3n) is 4.85. The maximum absolute atomic E-state index is 13.3. The van der Waals surface area contributed by atoms with E-state index >= 15 is 0 Å². The molecule has 9 nitrogen and oxygen atoms in total. The van der Waals surface area contributed by atoms with Crippen molar-refractivity contribution < 1.29 is 41.7 Å². The molecular weight excluding hydrogens is 530 g/mol. The van der Waals surface area contributed by atoms with Crippen LogP contribution in [0.25, 0.3) is 0 Å². The molecule has 11 heteroatoms. The van der Waals surface area contributed by atoms with Gasteiger partial charge in [-0.25, -0.2) is 4.57 Å². The molecule has 0 heterocycles. The first kappa shape index (κ1) is 31.6. The highest BCUT2D eigenvalue weighted by Gasteiger charge is 2.33. The number of aryl methyl sites for hydroxylation is 3. The first-order valence-corrected chi connectivity index (χ1v) is 15.1. The topological polar surface area (TPSA) is 121 Å². The van der Waals surface area contributed by atoms with Gasteiger partial charge in [0.05, 0.1) is 0 Å². The summed E-state index contributed by atoms with van der Waals surface area (Å²) in [5.74, 6) is 1.24. The van der Waals surface area contributed by atoms with Crippen LogP contribution in [0.1, 0.15) is 43.4 Å². The number of phosphoric ester groups is 2. The fourth-order valence-corrected chi connectivity index (χ4v) is 4.56. The molecule has 2 N–H and O–H groups in total. The molecule has 0 amide bonds. The van der Waals surface area contributed by atoms with Crippen molar-refractivity contribution in [1.82, 2.24) is 0 Å². The van der Waals surface area contributed by atoms with E-state index in [4.69, 9.17) is 28.1 Å². The highest BCUT2D eigenvalue weighted by molar-refractivity contribution is 7.49. The van der Waals surface area contributed by atoms with Gasteiger partial charge in [-0.2, -0.15) is 4.57 Å². The van der Waals surface area contributed by atoms with Crippen molar-refractivity contribution in [2.45, 2.75) is 53.8 Å². The highest BCUT2D eigenvalue weighted by Crippen LogP contribution is 2.49. The lowest BCUT2D eigenvalue weighted by Crippen LogP contribution is -2.12. The maximum atomic E-state index is 13.3. The van der Waals surface area contributed by atoms with Crippen molar-refractivity contribution in [1.29, 1.82) is 0 Å². The summed E-state index contributed by atoms with van der Waals surface area (Å²) in [5.41, 5.74) is 3.23. The maximum Gasteiger partial charge on any atom is 0.647 e. The fourth-order valence-electron chi connectivity index (χ4n) is 2.86. The summed E-state index contributed by atoms with van der Waals surface area (Å²) in [6.45, 7) is 9.81. The quantitative estimate of drug-likeness (QED) is 0.130. The van der Waals surface area contributed by atoms with Crippen LogP contribution in [0.15, 0.2) is 72.8 Å². The van der Waals surface area contributed by atoms with Crippen LogP contribution in [0.2, 0.25) is 0 Å². The van der Waals surface area contributed by atoms with E-state index in [0.717, 1.165) is 29.5 Å². The Morgan fingerprint density at radius 2 is 1.03 bits per heavy atom. The average Bonchev–Trinajstić information content (AvgIpc) is 2.83. The minimum Gasteiger partial charge on any atom is -0.386 e. The monoisotopic (exact) mass is 566 g/mol. The molecule has 0 bridgehead atoms. The third kappa shape index (κ3) is 12.7. The van der Waals surface area contributed by atoms with E-state index in [2.05, 4.69) is 4.52 Å². The molecule has 38 heavy (non-hydrogen) atoms. The molecule has 3 aromatic carbocycles. The van der Waals surface area contributed by atoms with E-state index in [9.17, 15) is 9.13 Å². The molecule has 3 rings (SSSR count). The summed E-state index contributed by atoms with van der Waals surface area (Å²) in [4.78, 5) is 16.7. The lowest BCUT2D eigenvalue weighted by atomic mass is 10.2. The Balaban J connectivity index is 0.000000358. The number of ether oxygens (including phenoxy) is 1. The number of rotatable bonds is 12. The smallest absolute Gasteiger partial charge is 0.386 e. The lowest BCUT2D eigenvalue weighted by Gasteiger charge is -2.19. The second-order valence-electron chi connectivity index (χ2n) is 8.55.